The van der Waals surface area contributed by atoms with Crippen LogP contribution in [0, 0.1) is 0 Å². The Hall–Kier alpha value is -2.83. The van der Waals surface area contributed by atoms with Crippen molar-refractivity contribution in [2.75, 3.05) is 19.0 Å². The Labute approximate surface area is 175 Å². The van der Waals surface area contributed by atoms with Crippen molar-refractivity contribution in [3.8, 4) is 0 Å². The second kappa shape index (κ2) is 7.15. The standard InChI is InChI=1S/C23H27N3O4/c1-13(2)18-11-19(26-30-18)23(21(27)28-3)12-24-22(29-23)25-20-16-8-4-6-14(16)10-15-7-5-9-17(15)20/h10-11,13H,4-9,12H2,1-3H3,(H,24,25). The first-order chi connectivity index (χ1) is 14.5. The predicted octanol–water partition coefficient (Wildman–Crippen LogP) is 3.64. The number of ether oxygens (including phenoxy) is 2. The first kappa shape index (κ1) is 19.2. The number of aromatic nitrogens is 1. The molecule has 1 N–H and O–H groups in total. The third-order valence-electron chi connectivity index (χ3n) is 6.45. The van der Waals surface area contributed by atoms with E-state index in [0.717, 1.165) is 31.4 Å². The average molecular weight is 409 g/mol. The molecule has 1 unspecified atom stereocenters. The molecule has 0 fully saturated rings. The van der Waals surface area contributed by atoms with Gasteiger partial charge in [-0.25, -0.2) is 9.79 Å². The summed E-state index contributed by atoms with van der Waals surface area (Å²) >= 11 is 0. The Bertz CT molecular complexity index is 1010. The lowest BCUT2D eigenvalue weighted by Gasteiger charge is -2.23. The van der Waals surface area contributed by atoms with Crippen LogP contribution in [0.25, 0.3) is 0 Å². The largest absolute Gasteiger partial charge is 0.466 e. The van der Waals surface area contributed by atoms with Crippen molar-refractivity contribution < 1.29 is 18.8 Å². The lowest BCUT2D eigenvalue weighted by atomic mass is 9.98. The molecule has 0 spiro atoms. The number of nitrogens with zero attached hydrogens (tertiary/aromatic N) is 2. The number of carbonyl (C=O) groups excluding carboxylic acids is 1. The number of carbonyl (C=O) groups is 1. The maximum atomic E-state index is 12.8. The molecule has 1 aromatic carbocycles. The number of nitrogens with one attached hydrogen (secondary N) is 1. The number of hydrogen-bond donors (Lipinski definition) is 1. The molecule has 1 aromatic heterocycles. The molecule has 158 valence electrons. The van der Waals surface area contributed by atoms with Gasteiger partial charge in [-0.3, -0.25) is 0 Å². The zero-order valence-electron chi connectivity index (χ0n) is 17.7. The quantitative estimate of drug-likeness (QED) is 0.776. The predicted molar refractivity (Wildman–Crippen MR) is 112 cm³/mol. The summed E-state index contributed by atoms with van der Waals surface area (Å²) in [7, 11) is 1.35. The Kier molecular flexibility index (Phi) is 4.56. The first-order valence-electron chi connectivity index (χ1n) is 10.7. The van der Waals surface area contributed by atoms with Gasteiger partial charge in [-0.05, 0) is 60.8 Å². The van der Waals surface area contributed by atoms with E-state index in [1.165, 1.54) is 42.2 Å². The third-order valence-corrected chi connectivity index (χ3v) is 6.45. The fourth-order valence-corrected chi connectivity index (χ4v) is 4.81. The van der Waals surface area contributed by atoms with Crippen LogP contribution in [-0.2, 0) is 45.6 Å². The number of aryl methyl sites for hydroxylation is 2. The van der Waals surface area contributed by atoms with Gasteiger partial charge in [0.05, 0.1) is 7.11 Å². The molecule has 2 heterocycles. The van der Waals surface area contributed by atoms with E-state index in [2.05, 4.69) is 21.5 Å². The summed E-state index contributed by atoms with van der Waals surface area (Å²) in [6.07, 6.45) is 6.69. The van der Waals surface area contributed by atoms with Crippen LogP contribution in [0.2, 0.25) is 0 Å². The summed E-state index contributed by atoms with van der Waals surface area (Å²) < 4.78 is 16.6. The summed E-state index contributed by atoms with van der Waals surface area (Å²) in [5.41, 5.74) is 5.67. The molecule has 0 amide bonds. The third kappa shape index (κ3) is 2.90. The molecule has 0 saturated carbocycles. The maximum absolute atomic E-state index is 12.8. The number of anilines is 1. The van der Waals surface area contributed by atoms with Crippen LogP contribution < -0.4 is 5.32 Å². The maximum Gasteiger partial charge on any atom is 0.358 e. The van der Waals surface area contributed by atoms with E-state index in [4.69, 9.17) is 14.0 Å². The van der Waals surface area contributed by atoms with E-state index in [1.807, 2.05) is 13.8 Å². The fourth-order valence-electron chi connectivity index (χ4n) is 4.81. The number of methoxy groups -OCH3 is 1. The molecule has 0 bridgehead atoms. The highest BCUT2D eigenvalue weighted by Crippen LogP contribution is 2.40. The van der Waals surface area contributed by atoms with Gasteiger partial charge in [0, 0.05) is 17.7 Å². The van der Waals surface area contributed by atoms with Gasteiger partial charge in [0.25, 0.3) is 11.6 Å². The highest BCUT2D eigenvalue weighted by atomic mass is 16.6. The second-order valence-corrected chi connectivity index (χ2v) is 8.67. The van der Waals surface area contributed by atoms with E-state index in [0.29, 0.717) is 17.5 Å². The average Bonchev–Trinajstić information content (AvgIpc) is 3.52. The molecule has 2 aromatic rings. The minimum Gasteiger partial charge on any atom is -0.466 e. The van der Waals surface area contributed by atoms with Crippen LogP contribution in [0.5, 0.6) is 0 Å². The van der Waals surface area contributed by atoms with Crippen molar-refractivity contribution in [2.24, 2.45) is 4.99 Å². The Morgan fingerprint density at radius 1 is 1.13 bits per heavy atom. The van der Waals surface area contributed by atoms with Crippen molar-refractivity contribution in [3.05, 3.63) is 45.8 Å². The van der Waals surface area contributed by atoms with Crippen LogP contribution >= 0.6 is 0 Å². The molecule has 30 heavy (non-hydrogen) atoms. The fraction of sp³-hybridized carbons (Fsp3) is 0.522. The summed E-state index contributed by atoms with van der Waals surface area (Å²) in [5.74, 6) is 0.308. The smallest absolute Gasteiger partial charge is 0.358 e. The molecule has 1 atom stereocenters. The number of hydrogen-bond acceptors (Lipinski definition) is 7. The molecule has 0 radical (unpaired) electrons. The van der Waals surface area contributed by atoms with E-state index >= 15 is 0 Å². The minimum atomic E-state index is -1.42. The Balaban J connectivity index is 1.46. The molecule has 7 heteroatoms. The summed E-state index contributed by atoms with van der Waals surface area (Å²) in [4.78, 5) is 17.3. The van der Waals surface area contributed by atoms with E-state index < -0.39 is 11.6 Å². The highest BCUT2D eigenvalue weighted by Gasteiger charge is 2.51. The SMILES string of the molecule is COC(=O)C1(c2cc(C(C)C)on2)CN=C(Nc2c3c(cc4c2CCC4)CCC3)O1. The van der Waals surface area contributed by atoms with Crippen molar-refractivity contribution in [2.45, 2.75) is 63.9 Å². The lowest BCUT2D eigenvalue weighted by Crippen LogP contribution is -2.41. The molecule has 1 aliphatic heterocycles. The molecular weight excluding hydrogens is 382 g/mol. The van der Waals surface area contributed by atoms with Gasteiger partial charge in [0.2, 0.25) is 0 Å². The van der Waals surface area contributed by atoms with E-state index in [9.17, 15) is 4.79 Å². The Morgan fingerprint density at radius 3 is 2.43 bits per heavy atom. The summed E-state index contributed by atoms with van der Waals surface area (Å²) in [6, 6.07) is 4.48. The first-order valence-corrected chi connectivity index (χ1v) is 10.7. The van der Waals surface area contributed by atoms with Gasteiger partial charge in [-0.1, -0.05) is 25.1 Å². The normalized spacial score (nSPS) is 21.9. The summed E-state index contributed by atoms with van der Waals surface area (Å²) in [6.45, 7) is 4.11. The summed E-state index contributed by atoms with van der Waals surface area (Å²) in [5, 5.41) is 7.55. The van der Waals surface area contributed by atoms with Crippen LogP contribution in [0.3, 0.4) is 0 Å². The van der Waals surface area contributed by atoms with Gasteiger partial charge >= 0.3 is 5.97 Å². The van der Waals surface area contributed by atoms with Crippen LogP contribution in [0.15, 0.2) is 21.6 Å². The van der Waals surface area contributed by atoms with Gasteiger partial charge < -0.3 is 19.3 Å². The van der Waals surface area contributed by atoms with E-state index in [-0.39, 0.29) is 12.5 Å². The van der Waals surface area contributed by atoms with Crippen LogP contribution in [0.4, 0.5) is 5.69 Å². The Morgan fingerprint density at radius 2 is 1.83 bits per heavy atom. The van der Waals surface area contributed by atoms with Gasteiger partial charge in [-0.15, -0.1) is 0 Å². The number of esters is 1. The number of benzene rings is 1. The van der Waals surface area contributed by atoms with Crippen molar-refractivity contribution >= 4 is 17.7 Å². The molecule has 7 nitrogen and oxygen atoms in total. The monoisotopic (exact) mass is 409 g/mol. The van der Waals surface area contributed by atoms with Gasteiger partial charge in [0.15, 0.2) is 0 Å². The molecular formula is C23H27N3O4. The van der Waals surface area contributed by atoms with Gasteiger partial charge in [-0.2, -0.15) is 0 Å². The second-order valence-electron chi connectivity index (χ2n) is 8.67. The zero-order valence-corrected chi connectivity index (χ0v) is 17.7. The molecule has 5 rings (SSSR count). The number of amidine groups is 1. The topological polar surface area (TPSA) is 86.0 Å². The van der Waals surface area contributed by atoms with E-state index in [1.54, 1.807) is 6.07 Å². The van der Waals surface area contributed by atoms with Crippen LogP contribution in [0.1, 0.15) is 66.3 Å². The van der Waals surface area contributed by atoms with Crippen molar-refractivity contribution in [1.82, 2.24) is 5.16 Å². The molecule has 0 saturated heterocycles. The zero-order chi connectivity index (χ0) is 20.9. The highest BCUT2D eigenvalue weighted by molar-refractivity contribution is 5.96. The van der Waals surface area contributed by atoms with Gasteiger partial charge in [0.1, 0.15) is 18.0 Å². The number of rotatable bonds is 4. The molecule has 2 aliphatic carbocycles. The number of aliphatic imine (C=N–C) groups is 1. The van der Waals surface area contributed by atoms with Crippen molar-refractivity contribution in [1.29, 1.82) is 0 Å². The molecule has 3 aliphatic rings. The minimum absolute atomic E-state index is 0.100. The van der Waals surface area contributed by atoms with Crippen LogP contribution in [-0.4, -0.2) is 30.8 Å². The lowest BCUT2D eigenvalue weighted by molar-refractivity contribution is -0.159. The number of fused-ring (bicyclic) bond motifs is 2. The van der Waals surface area contributed by atoms with Crippen molar-refractivity contribution in [3.63, 3.8) is 0 Å².